The lowest BCUT2D eigenvalue weighted by atomic mass is 10.2. The van der Waals surface area contributed by atoms with E-state index in [0.29, 0.717) is 24.5 Å². The van der Waals surface area contributed by atoms with Crippen LogP contribution in [-0.2, 0) is 19.6 Å². The largest absolute Gasteiger partial charge is 0.376 e. The Hall–Kier alpha value is -2.13. The van der Waals surface area contributed by atoms with Crippen molar-refractivity contribution in [1.82, 2.24) is 9.62 Å². The molecule has 0 spiro atoms. The van der Waals surface area contributed by atoms with E-state index in [9.17, 15) is 18.0 Å². The SMILES string of the molecule is CCN(CC)S(=O)(=O)c1ccc(N(C)C)c(NC(=O)CCNC(C)=O)c1. The van der Waals surface area contributed by atoms with Crippen LogP contribution in [0.3, 0.4) is 0 Å². The van der Waals surface area contributed by atoms with Gasteiger partial charge in [0.15, 0.2) is 0 Å². The first-order chi connectivity index (χ1) is 12.1. The normalized spacial score (nSPS) is 11.3. The number of carbonyl (C=O) groups excluding carboxylic acids is 2. The zero-order valence-electron chi connectivity index (χ0n) is 16.0. The molecule has 2 amide bonds. The fourth-order valence-corrected chi connectivity index (χ4v) is 3.93. The summed E-state index contributed by atoms with van der Waals surface area (Å²) in [6, 6.07) is 4.68. The van der Waals surface area contributed by atoms with Gasteiger partial charge in [0.1, 0.15) is 0 Å². The van der Waals surface area contributed by atoms with Gasteiger partial charge in [0.2, 0.25) is 21.8 Å². The number of rotatable bonds is 9. The average Bonchev–Trinajstić information content (AvgIpc) is 2.55. The van der Waals surface area contributed by atoms with Crippen LogP contribution < -0.4 is 15.5 Å². The minimum atomic E-state index is -3.62. The number of carbonyl (C=O) groups is 2. The molecule has 0 aliphatic rings. The van der Waals surface area contributed by atoms with E-state index in [-0.39, 0.29) is 29.7 Å². The predicted octanol–water partition coefficient (Wildman–Crippen LogP) is 1.25. The zero-order chi connectivity index (χ0) is 19.9. The van der Waals surface area contributed by atoms with Crippen LogP contribution in [0.5, 0.6) is 0 Å². The molecule has 0 radical (unpaired) electrons. The van der Waals surface area contributed by atoms with Gasteiger partial charge in [0.25, 0.3) is 0 Å². The first-order valence-corrected chi connectivity index (χ1v) is 9.93. The Kier molecular flexibility index (Phi) is 8.04. The van der Waals surface area contributed by atoms with Crippen molar-refractivity contribution in [2.24, 2.45) is 0 Å². The van der Waals surface area contributed by atoms with Gasteiger partial charge >= 0.3 is 0 Å². The number of hydrogen-bond donors (Lipinski definition) is 2. The van der Waals surface area contributed by atoms with E-state index < -0.39 is 10.0 Å². The Morgan fingerprint density at radius 3 is 2.23 bits per heavy atom. The fraction of sp³-hybridized carbons (Fsp3) is 0.529. The maximum atomic E-state index is 12.7. The zero-order valence-corrected chi connectivity index (χ0v) is 16.8. The highest BCUT2D eigenvalue weighted by atomic mass is 32.2. The molecule has 0 aromatic heterocycles. The van der Waals surface area contributed by atoms with Crippen molar-refractivity contribution in [3.63, 3.8) is 0 Å². The minimum absolute atomic E-state index is 0.0967. The molecule has 0 bridgehead atoms. The van der Waals surface area contributed by atoms with Crippen molar-refractivity contribution < 1.29 is 18.0 Å². The Morgan fingerprint density at radius 2 is 1.73 bits per heavy atom. The van der Waals surface area contributed by atoms with Gasteiger partial charge in [0.05, 0.1) is 16.3 Å². The molecule has 146 valence electrons. The monoisotopic (exact) mass is 384 g/mol. The van der Waals surface area contributed by atoms with Crippen LogP contribution in [-0.4, -0.2) is 58.3 Å². The smallest absolute Gasteiger partial charge is 0.243 e. The molecule has 0 aliphatic carbocycles. The lowest BCUT2D eigenvalue weighted by Gasteiger charge is -2.22. The van der Waals surface area contributed by atoms with Crippen LogP contribution in [0.1, 0.15) is 27.2 Å². The standard InChI is InChI=1S/C17H28N4O4S/c1-6-21(7-2)26(24,25)14-8-9-16(20(4)5)15(12-14)19-17(23)10-11-18-13(3)22/h8-9,12H,6-7,10-11H2,1-5H3,(H,18,22)(H,19,23). The Balaban J connectivity index is 3.12. The summed E-state index contributed by atoms with van der Waals surface area (Å²) in [6.07, 6.45) is 0.0967. The summed E-state index contributed by atoms with van der Waals surface area (Å²) in [5, 5.41) is 5.29. The second-order valence-corrected chi connectivity index (χ2v) is 7.88. The predicted molar refractivity (Wildman–Crippen MR) is 103 cm³/mol. The number of hydrogen-bond acceptors (Lipinski definition) is 5. The molecular formula is C17H28N4O4S. The molecule has 1 aromatic carbocycles. The van der Waals surface area contributed by atoms with E-state index in [4.69, 9.17) is 0 Å². The van der Waals surface area contributed by atoms with E-state index in [1.165, 1.54) is 23.4 Å². The van der Waals surface area contributed by atoms with Crippen molar-refractivity contribution in [2.75, 3.05) is 43.9 Å². The summed E-state index contributed by atoms with van der Waals surface area (Å²) in [5.74, 6) is -0.515. The molecule has 26 heavy (non-hydrogen) atoms. The molecule has 0 atom stereocenters. The highest BCUT2D eigenvalue weighted by Gasteiger charge is 2.23. The Morgan fingerprint density at radius 1 is 1.12 bits per heavy atom. The molecule has 0 unspecified atom stereocenters. The number of benzene rings is 1. The molecule has 0 saturated carbocycles. The summed E-state index contributed by atoms with van der Waals surface area (Å²) in [7, 11) is -0.0108. The van der Waals surface area contributed by atoms with Crippen molar-refractivity contribution in [3.8, 4) is 0 Å². The van der Waals surface area contributed by atoms with Gasteiger partial charge in [-0.05, 0) is 18.2 Å². The van der Waals surface area contributed by atoms with Crippen molar-refractivity contribution in [2.45, 2.75) is 32.1 Å². The number of sulfonamides is 1. The third kappa shape index (κ3) is 5.70. The maximum absolute atomic E-state index is 12.7. The van der Waals surface area contributed by atoms with Crippen molar-refractivity contribution in [3.05, 3.63) is 18.2 Å². The lowest BCUT2D eigenvalue weighted by Crippen LogP contribution is -2.31. The van der Waals surface area contributed by atoms with Crippen LogP contribution in [0.25, 0.3) is 0 Å². The molecule has 1 rings (SSSR count). The van der Waals surface area contributed by atoms with Gasteiger partial charge in [-0.25, -0.2) is 8.42 Å². The lowest BCUT2D eigenvalue weighted by molar-refractivity contribution is -0.119. The average molecular weight is 385 g/mol. The van der Waals surface area contributed by atoms with Gasteiger partial charge in [-0.3, -0.25) is 9.59 Å². The second kappa shape index (κ2) is 9.54. The topological polar surface area (TPSA) is 98.8 Å². The summed E-state index contributed by atoms with van der Waals surface area (Å²) in [5.41, 5.74) is 1.10. The van der Waals surface area contributed by atoms with Crippen molar-refractivity contribution in [1.29, 1.82) is 0 Å². The molecular weight excluding hydrogens is 356 g/mol. The summed E-state index contributed by atoms with van der Waals surface area (Å²) in [4.78, 5) is 24.9. The van der Waals surface area contributed by atoms with Crippen LogP contribution in [0.4, 0.5) is 11.4 Å². The summed E-state index contributed by atoms with van der Waals surface area (Å²) < 4.78 is 26.8. The molecule has 0 heterocycles. The number of nitrogens with one attached hydrogen (secondary N) is 2. The molecule has 0 fully saturated rings. The van der Waals surface area contributed by atoms with Gasteiger partial charge in [-0.15, -0.1) is 0 Å². The van der Waals surface area contributed by atoms with E-state index in [1.807, 2.05) is 0 Å². The Labute approximate surface area is 155 Å². The summed E-state index contributed by atoms with van der Waals surface area (Å²) >= 11 is 0. The fourth-order valence-electron chi connectivity index (χ4n) is 2.44. The number of nitrogens with zero attached hydrogens (tertiary/aromatic N) is 2. The van der Waals surface area contributed by atoms with E-state index in [1.54, 1.807) is 38.9 Å². The first-order valence-electron chi connectivity index (χ1n) is 8.49. The highest BCUT2D eigenvalue weighted by molar-refractivity contribution is 7.89. The van der Waals surface area contributed by atoms with Gasteiger partial charge in [0, 0.05) is 47.1 Å². The maximum Gasteiger partial charge on any atom is 0.243 e. The molecule has 2 N–H and O–H groups in total. The van der Waals surface area contributed by atoms with Gasteiger partial charge in [-0.1, -0.05) is 13.8 Å². The van der Waals surface area contributed by atoms with Crippen molar-refractivity contribution >= 4 is 33.2 Å². The summed E-state index contributed by atoms with van der Waals surface area (Å²) in [6.45, 7) is 5.89. The van der Waals surface area contributed by atoms with Gasteiger partial charge < -0.3 is 15.5 Å². The van der Waals surface area contributed by atoms with Crippen LogP contribution in [0, 0.1) is 0 Å². The third-order valence-electron chi connectivity index (χ3n) is 3.79. The minimum Gasteiger partial charge on any atom is -0.376 e. The number of amides is 2. The second-order valence-electron chi connectivity index (χ2n) is 5.94. The quantitative estimate of drug-likeness (QED) is 0.668. The molecule has 0 aliphatic heterocycles. The first kappa shape index (κ1) is 21.9. The molecule has 0 saturated heterocycles. The molecule has 9 heteroatoms. The Bertz CT molecular complexity index is 743. The van der Waals surface area contributed by atoms with E-state index >= 15 is 0 Å². The highest BCUT2D eigenvalue weighted by Crippen LogP contribution is 2.29. The van der Waals surface area contributed by atoms with Crippen LogP contribution in [0.2, 0.25) is 0 Å². The molecule has 8 nitrogen and oxygen atoms in total. The van der Waals surface area contributed by atoms with Gasteiger partial charge in [-0.2, -0.15) is 4.31 Å². The third-order valence-corrected chi connectivity index (χ3v) is 5.84. The van der Waals surface area contributed by atoms with E-state index in [0.717, 1.165) is 0 Å². The van der Waals surface area contributed by atoms with E-state index in [2.05, 4.69) is 10.6 Å². The van der Waals surface area contributed by atoms with Crippen LogP contribution >= 0.6 is 0 Å². The van der Waals surface area contributed by atoms with Crippen LogP contribution in [0.15, 0.2) is 23.1 Å². The number of anilines is 2. The molecule has 1 aromatic rings.